The standard InChI is InChI=1S/C14H24N2O2/c1-4-7-13(18-5-2)14(16-15)11-8-6-9-12(10-11)17-3/h6,8-10,13-14,16H,4-5,7,15H2,1-3H3. The minimum atomic E-state index is -0.0139. The molecule has 0 spiro atoms. The summed E-state index contributed by atoms with van der Waals surface area (Å²) in [6, 6.07) is 7.90. The SMILES string of the molecule is CCCC(OCC)C(NN)c1cccc(OC)c1. The highest BCUT2D eigenvalue weighted by Crippen LogP contribution is 2.25. The summed E-state index contributed by atoms with van der Waals surface area (Å²) in [6.45, 7) is 4.83. The smallest absolute Gasteiger partial charge is 0.119 e. The van der Waals surface area contributed by atoms with Crippen molar-refractivity contribution in [2.75, 3.05) is 13.7 Å². The van der Waals surface area contributed by atoms with Crippen LogP contribution in [0.25, 0.3) is 0 Å². The van der Waals surface area contributed by atoms with Crippen LogP contribution in [0.3, 0.4) is 0 Å². The van der Waals surface area contributed by atoms with Crippen LogP contribution in [-0.2, 0) is 4.74 Å². The minimum Gasteiger partial charge on any atom is -0.497 e. The molecule has 0 radical (unpaired) electrons. The predicted octanol–water partition coefficient (Wildman–Crippen LogP) is 2.40. The molecular weight excluding hydrogens is 228 g/mol. The zero-order valence-electron chi connectivity index (χ0n) is 11.5. The number of ether oxygens (including phenoxy) is 2. The lowest BCUT2D eigenvalue weighted by atomic mass is 9.98. The molecule has 4 nitrogen and oxygen atoms in total. The molecule has 18 heavy (non-hydrogen) atoms. The molecule has 0 aromatic heterocycles. The van der Waals surface area contributed by atoms with Crippen LogP contribution >= 0.6 is 0 Å². The Morgan fingerprint density at radius 1 is 1.33 bits per heavy atom. The van der Waals surface area contributed by atoms with Gasteiger partial charge in [0, 0.05) is 6.61 Å². The first-order valence-electron chi connectivity index (χ1n) is 6.48. The zero-order chi connectivity index (χ0) is 13.4. The normalized spacial score (nSPS) is 14.2. The molecule has 0 aliphatic carbocycles. The van der Waals surface area contributed by atoms with Gasteiger partial charge in [-0.2, -0.15) is 0 Å². The number of rotatable bonds is 8. The van der Waals surface area contributed by atoms with E-state index in [0.29, 0.717) is 6.61 Å². The molecule has 0 aliphatic rings. The lowest BCUT2D eigenvalue weighted by molar-refractivity contribution is 0.0275. The maximum absolute atomic E-state index is 5.78. The van der Waals surface area contributed by atoms with Gasteiger partial charge in [-0.15, -0.1) is 0 Å². The van der Waals surface area contributed by atoms with Gasteiger partial charge in [0.15, 0.2) is 0 Å². The average molecular weight is 252 g/mol. The quantitative estimate of drug-likeness (QED) is 0.551. The van der Waals surface area contributed by atoms with Crippen molar-refractivity contribution in [1.82, 2.24) is 5.43 Å². The summed E-state index contributed by atoms with van der Waals surface area (Å²) in [5, 5.41) is 0. The fourth-order valence-corrected chi connectivity index (χ4v) is 2.10. The van der Waals surface area contributed by atoms with E-state index in [2.05, 4.69) is 12.3 Å². The van der Waals surface area contributed by atoms with E-state index in [-0.39, 0.29) is 12.1 Å². The number of nitrogens with two attached hydrogens (primary N) is 1. The first-order valence-corrected chi connectivity index (χ1v) is 6.48. The number of benzene rings is 1. The Kier molecular flexibility index (Phi) is 6.72. The third-order valence-corrected chi connectivity index (χ3v) is 2.96. The maximum Gasteiger partial charge on any atom is 0.119 e. The second kappa shape index (κ2) is 8.08. The molecule has 2 atom stereocenters. The van der Waals surface area contributed by atoms with Gasteiger partial charge in [-0.1, -0.05) is 25.5 Å². The van der Waals surface area contributed by atoms with Crippen LogP contribution in [0.15, 0.2) is 24.3 Å². The molecule has 0 heterocycles. The van der Waals surface area contributed by atoms with Gasteiger partial charge in [-0.25, -0.2) is 0 Å². The summed E-state index contributed by atoms with van der Waals surface area (Å²) >= 11 is 0. The highest BCUT2D eigenvalue weighted by Gasteiger charge is 2.22. The second-order valence-corrected chi connectivity index (χ2v) is 4.20. The van der Waals surface area contributed by atoms with Crippen molar-refractivity contribution in [1.29, 1.82) is 0 Å². The monoisotopic (exact) mass is 252 g/mol. The van der Waals surface area contributed by atoms with E-state index in [1.807, 2.05) is 31.2 Å². The average Bonchev–Trinajstić information content (AvgIpc) is 2.40. The molecule has 102 valence electrons. The van der Waals surface area contributed by atoms with Crippen LogP contribution in [-0.4, -0.2) is 19.8 Å². The van der Waals surface area contributed by atoms with Gasteiger partial charge in [0.05, 0.1) is 19.3 Å². The van der Waals surface area contributed by atoms with Crippen LogP contribution < -0.4 is 16.0 Å². The van der Waals surface area contributed by atoms with Gasteiger partial charge in [-0.05, 0) is 31.0 Å². The van der Waals surface area contributed by atoms with Gasteiger partial charge >= 0.3 is 0 Å². The summed E-state index contributed by atoms with van der Waals surface area (Å²) in [4.78, 5) is 0. The molecule has 1 aromatic rings. The maximum atomic E-state index is 5.78. The lowest BCUT2D eigenvalue weighted by Crippen LogP contribution is -2.38. The molecule has 1 aromatic carbocycles. The molecular formula is C14H24N2O2. The second-order valence-electron chi connectivity index (χ2n) is 4.20. The summed E-state index contributed by atoms with van der Waals surface area (Å²) < 4.78 is 11.0. The van der Waals surface area contributed by atoms with Gasteiger partial charge in [0.2, 0.25) is 0 Å². The summed E-state index contributed by atoms with van der Waals surface area (Å²) in [7, 11) is 1.66. The Morgan fingerprint density at radius 2 is 2.11 bits per heavy atom. The Balaban J connectivity index is 2.90. The van der Waals surface area contributed by atoms with Crippen LogP contribution in [0.4, 0.5) is 0 Å². The lowest BCUT2D eigenvalue weighted by Gasteiger charge is -2.26. The Labute approximate surface area is 109 Å². The number of hydrogen-bond acceptors (Lipinski definition) is 4. The molecule has 3 N–H and O–H groups in total. The van der Waals surface area contributed by atoms with E-state index in [4.69, 9.17) is 15.3 Å². The molecule has 0 bridgehead atoms. The molecule has 0 saturated heterocycles. The van der Waals surface area contributed by atoms with Crippen molar-refractivity contribution in [3.05, 3.63) is 29.8 Å². The molecule has 4 heteroatoms. The highest BCUT2D eigenvalue weighted by molar-refractivity contribution is 5.31. The molecule has 1 rings (SSSR count). The molecule has 0 saturated carbocycles. The Bertz CT molecular complexity index is 338. The Morgan fingerprint density at radius 3 is 2.67 bits per heavy atom. The van der Waals surface area contributed by atoms with Crippen molar-refractivity contribution in [2.45, 2.75) is 38.8 Å². The molecule has 0 aliphatic heterocycles. The van der Waals surface area contributed by atoms with E-state index < -0.39 is 0 Å². The van der Waals surface area contributed by atoms with Crippen molar-refractivity contribution >= 4 is 0 Å². The third-order valence-electron chi connectivity index (χ3n) is 2.96. The van der Waals surface area contributed by atoms with Crippen molar-refractivity contribution < 1.29 is 9.47 Å². The fraction of sp³-hybridized carbons (Fsp3) is 0.571. The molecule has 0 amide bonds. The van der Waals surface area contributed by atoms with E-state index in [0.717, 1.165) is 24.2 Å². The predicted molar refractivity (Wildman–Crippen MR) is 73.4 cm³/mol. The van der Waals surface area contributed by atoms with Gasteiger partial charge in [0.1, 0.15) is 5.75 Å². The van der Waals surface area contributed by atoms with Gasteiger partial charge in [0.25, 0.3) is 0 Å². The molecule has 0 fully saturated rings. The molecule has 2 unspecified atom stereocenters. The van der Waals surface area contributed by atoms with Crippen molar-refractivity contribution in [3.8, 4) is 5.75 Å². The van der Waals surface area contributed by atoms with E-state index >= 15 is 0 Å². The van der Waals surface area contributed by atoms with Crippen LogP contribution in [0.2, 0.25) is 0 Å². The number of methoxy groups -OCH3 is 1. The van der Waals surface area contributed by atoms with E-state index in [9.17, 15) is 0 Å². The minimum absolute atomic E-state index is 0.0139. The van der Waals surface area contributed by atoms with Crippen molar-refractivity contribution in [2.24, 2.45) is 5.84 Å². The topological polar surface area (TPSA) is 56.5 Å². The van der Waals surface area contributed by atoms with Gasteiger partial charge in [-0.3, -0.25) is 11.3 Å². The van der Waals surface area contributed by atoms with Crippen molar-refractivity contribution in [3.63, 3.8) is 0 Å². The van der Waals surface area contributed by atoms with Crippen LogP contribution in [0.5, 0.6) is 5.75 Å². The summed E-state index contributed by atoms with van der Waals surface area (Å²) in [5.74, 6) is 6.52. The van der Waals surface area contributed by atoms with Gasteiger partial charge < -0.3 is 9.47 Å². The largest absolute Gasteiger partial charge is 0.497 e. The van der Waals surface area contributed by atoms with Crippen LogP contribution in [0.1, 0.15) is 38.3 Å². The number of nitrogens with one attached hydrogen (secondary N) is 1. The fourth-order valence-electron chi connectivity index (χ4n) is 2.10. The first kappa shape index (κ1) is 15.0. The van der Waals surface area contributed by atoms with Crippen LogP contribution in [0, 0.1) is 0 Å². The first-order chi connectivity index (χ1) is 8.76. The number of hydrazine groups is 1. The zero-order valence-corrected chi connectivity index (χ0v) is 11.5. The van der Waals surface area contributed by atoms with E-state index in [1.165, 1.54) is 0 Å². The summed E-state index contributed by atoms with van der Waals surface area (Å²) in [5.41, 5.74) is 3.95. The third kappa shape index (κ3) is 3.98. The highest BCUT2D eigenvalue weighted by atomic mass is 16.5. The van der Waals surface area contributed by atoms with E-state index in [1.54, 1.807) is 7.11 Å². The number of hydrogen-bond donors (Lipinski definition) is 2. The summed E-state index contributed by atoms with van der Waals surface area (Å²) in [6.07, 6.45) is 2.12. The Hall–Kier alpha value is -1.10.